The van der Waals surface area contributed by atoms with Crippen molar-refractivity contribution in [2.45, 2.75) is 26.3 Å². The van der Waals surface area contributed by atoms with Crippen LogP contribution in [0.15, 0.2) is 28.7 Å². The molecule has 0 aromatic heterocycles. The van der Waals surface area contributed by atoms with Crippen molar-refractivity contribution in [3.05, 3.63) is 34.3 Å². The fraction of sp³-hybridized carbons (Fsp3) is 0.429. The summed E-state index contributed by atoms with van der Waals surface area (Å²) in [5.74, 6) is 0.463. The molecule has 1 saturated carbocycles. The molecule has 0 atom stereocenters. The SMILES string of the molecule is CC1CC(C(=O)NCc2ccccc2Br)(C(N)=S)C1. The molecule has 0 spiro atoms. The van der Waals surface area contributed by atoms with Gasteiger partial charge in [0.2, 0.25) is 5.91 Å². The zero-order chi connectivity index (χ0) is 14.0. The second-order valence-electron chi connectivity index (χ2n) is 5.23. The number of halogens is 1. The highest BCUT2D eigenvalue weighted by atomic mass is 79.9. The molecule has 3 nitrogen and oxygen atoms in total. The lowest BCUT2D eigenvalue weighted by molar-refractivity contribution is -0.133. The molecule has 0 aliphatic heterocycles. The summed E-state index contributed by atoms with van der Waals surface area (Å²) in [7, 11) is 0. The van der Waals surface area contributed by atoms with Crippen LogP contribution in [0.2, 0.25) is 0 Å². The molecule has 19 heavy (non-hydrogen) atoms. The molecule has 0 bridgehead atoms. The Bertz CT molecular complexity index is 512. The maximum Gasteiger partial charge on any atom is 0.233 e. The number of benzene rings is 1. The molecular weight excluding hydrogens is 324 g/mol. The number of thiocarbonyl (C=S) groups is 1. The fourth-order valence-corrected chi connectivity index (χ4v) is 3.30. The Hall–Kier alpha value is -0.940. The summed E-state index contributed by atoms with van der Waals surface area (Å²) in [5, 5.41) is 2.95. The zero-order valence-electron chi connectivity index (χ0n) is 10.8. The minimum absolute atomic E-state index is 0.0474. The van der Waals surface area contributed by atoms with E-state index in [-0.39, 0.29) is 5.91 Å². The van der Waals surface area contributed by atoms with Crippen LogP contribution in [0.3, 0.4) is 0 Å². The number of hydrogen-bond donors (Lipinski definition) is 2. The molecule has 102 valence electrons. The van der Waals surface area contributed by atoms with E-state index in [2.05, 4.69) is 28.2 Å². The minimum Gasteiger partial charge on any atom is -0.392 e. The molecule has 3 N–H and O–H groups in total. The fourth-order valence-electron chi connectivity index (χ4n) is 2.61. The van der Waals surface area contributed by atoms with Gasteiger partial charge in [-0.15, -0.1) is 0 Å². The van der Waals surface area contributed by atoms with Crippen LogP contribution in [0, 0.1) is 11.3 Å². The largest absolute Gasteiger partial charge is 0.392 e. The maximum absolute atomic E-state index is 12.3. The van der Waals surface area contributed by atoms with E-state index in [1.165, 1.54) is 0 Å². The Labute approximate surface area is 127 Å². The summed E-state index contributed by atoms with van der Waals surface area (Å²) in [6, 6.07) is 7.82. The smallest absolute Gasteiger partial charge is 0.233 e. The molecule has 1 amide bonds. The number of nitrogens with one attached hydrogen (secondary N) is 1. The summed E-state index contributed by atoms with van der Waals surface area (Å²) in [6.45, 7) is 2.59. The normalized spacial score (nSPS) is 25.5. The van der Waals surface area contributed by atoms with Crippen molar-refractivity contribution < 1.29 is 4.79 Å². The standard InChI is InChI=1S/C14H17BrN2OS/c1-9-6-14(7-9,12(16)19)13(18)17-8-10-4-2-3-5-11(10)15/h2-5,9H,6-8H2,1H3,(H2,16,19)(H,17,18). The Morgan fingerprint density at radius 2 is 2.16 bits per heavy atom. The lowest BCUT2D eigenvalue weighted by atomic mass is 9.62. The van der Waals surface area contributed by atoms with Gasteiger partial charge in [-0.05, 0) is 30.4 Å². The Morgan fingerprint density at radius 1 is 1.53 bits per heavy atom. The van der Waals surface area contributed by atoms with Gasteiger partial charge in [0.25, 0.3) is 0 Å². The van der Waals surface area contributed by atoms with E-state index in [9.17, 15) is 4.79 Å². The highest BCUT2D eigenvalue weighted by Gasteiger charge is 2.50. The van der Waals surface area contributed by atoms with Crippen LogP contribution >= 0.6 is 28.1 Å². The van der Waals surface area contributed by atoms with Crippen molar-refractivity contribution >= 4 is 39.0 Å². The number of nitrogens with two attached hydrogens (primary N) is 1. The van der Waals surface area contributed by atoms with Gasteiger partial charge in [-0.1, -0.05) is 53.3 Å². The van der Waals surface area contributed by atoms with Gasteiger partial charge < -0.3 is 11.1 Å². The van der Waals surface area contributed by atoms with Crippen molar-refractivity contribution in [2.75, 3.05) is 0 Å². The van der Waals surface area contributed by atoms with Crippen molar-refractivity contribution in [1.82, 2.24) is 5.32 Å². The molecule has 2 rings (SSSR count). The first-order valence-electron chi connectivity index (χ1n) is 6.27. The third-order valence-corrected chi connectivity index (χ3v) is 4.86. The summed E-state index contributed by atoms with van der Waals surface area (Å²) >= 11 is 8.54. The van der Waals surface area contributed by atoms with Gasteiger partial charge in [-0.25, -0.2) is 0 Å². The predicted molar refractivity (Wildman–Crippen MR) is 83.6 cm³/mol. The molecular formula is C14H17BrN2OS. The molecule has 0 saturated heterocycles. The Morgan fingerprint density at radius 3 is 2.68 bits per heavy atom. The van der Waals surface area contributed by atoms with Crippen LogP contribution in [0.5, 0.6) is 0 Å². The van der Waals surface area contributed by atoms with Crippen molar-refractivity contribution in [3.63, 3.8) is 0 Å². The molecule has 1 aliphatic carbocycles. The topological polar surface area (TPSA) is 55.1 Å². The van der Waals surface area contributed by atoms with E-state index in [0.29, 0.717) is 17.5 Å². The first-order chi connectivity index (χ1) is 8.95. The van der Waals surface area contributed by atoms with Gasteiger partial charge in [-0.2, -0.15) is 0 Å². The van der Waals surface area contributed by atoms with Gasteiger partial charge in [0.15, 0.2) is 0 Å². The number of carbonyl (C=O) groups excluding carboxylic acids is 1. The van der Waals surface area contributed by atoms with Gasteiger partial charge in [0.1, 0.15) is 0 Å². The molecule has 0 radical (unpaired) electrons. The molecule has 5 heteroatoms. The van der Waals surface area contributed by atoms with Gasteiger partial charge in [0, 0.05) is 11.0 Å². The van der Waals surface area contributed by atoms with Crippen LogP contribution in [-0.4, -0.2) is 10.9 Å². The van der Waals surface area contributed by atoms with Crippen LogP contribution < -0.4 is 11.1 Å². The predicted octanol–water partition coefficient (Wildman–Crippen LogP) is 2.77. The minimum atomic E-state index is -0.629. The van der Waals surface area contributed by atoms with E-state index in [1.54, 1.807) is 0 Å². The molecule has 0 unspecified atom stereocenters. The van der Waals surface area contributed by atoms with Crippen molar-refractivity contribution in [3.8, 4) is 0 Å². The summed E-state index contributed by atoms with van der Waals surface area (Å²) in [4.78, 5) is 12.6. The van der Waals surface area contributed by atoms with Crippen LogP contribution in [0.25, 0.3) is 0 Å². The van der Waals surface area contributed by atoms with Crippen LogP contribution in [-0.2, 0) is 11.3 Å². The average molecular weight is 341 g/mol. The highest BCUT2D eigenvalue weighted by Crippen LogP contribution is 2.46. The Balaban J connectivity index is 2.02. The monoisotopic (exact) mass is 340 g/mol. The summed E-state index contributed by atoms with van der Waals surface area (Å²) in [6.07, 6.45) is 1.51. The lowest BCUT2D eigenvalue weighted by Crippen LogP contribution is -2.55. The lowest BCUT2D eigenvalue weighted by Gasteiger charge is -2.44. The number of hydrogen-bond acceptors (Lipinski definition) is 2. The van der Waals surface area contributed by atoms with Crippen molar-refractivity contribution in [1.29, 1.82) is 0 Å². The molecule has 1 aromatic rings. The Kier molecular flexibility index (Phi) is 4.26. The van der Waals surface area contributed by atoms with E-state index in [0.717, 1.165) is 22.9 Å². The van der Waals surface area contributed by atoms with E-state index in [4.69, 9.17) is 18.0 Å². The van der Waals surface area contributed by atoms with Crippen LogP contribution in [0.4, 0.5) is 0 Å². The third kappa shape index (κ3) is 2.82. The van der Waals surface area contributed by atoms with Crippen molar-refractivity contribution in [2.24, 2.45) is 17.1 Å². The molecule has 1 aliphatic rings. The second kappa shape index (κ2) is 5.59. The van der Waals surface area contributed by atoms with Gasteiger partial charge in [0.05, 0.1) is 10.4 Å². The summed E-state index contributed by atoms with van der Waals surface area (Å²) in [5.41, 5.74) is 6.17. The average Bonchev–Trinajstić information content (AvgIpc) is 2.33. The zero-order valence-corrected chi connectivity index (χ0v) is 13.2. The second-order valence-corrected chi connectivity index (χ2v) is 6.53. The number of amides is 1. The molecule has 1 fully saturated rings. The highest BCUT2D eigenvalue weighted by molar-refractivity contribution is 9.10. The maximum atomic E-state index is 12.3. The first kappa shape index (κ1) is 14.5. The molecule has 1 aromatic carbocycles. The quantitative estimate of drug-likeness (QED) is 0.828. The van der Waals surface area contributed by atoms with Gasteiger partial charge >= 0.3 is 0 Å². The summed E-state index contributed by atoms with van der Waals surface area (Å²) < 4.78 is 0.988. The molecule has 0 heterocycles. The van der Waals surface area contributed by atoms with E-state index >= 15 is 0 Å². The van der Waals surface area contributed by atoms with Crippen LogP contribution in [0.1, 0.15) is 25.3 Å². The number of rotatable bonds is 4. The first-order valence-corrected chi connectivity index (χ1v) is 7.47. The number of carbonyl (C=O) groups is 1. The third-order valence-electron chi connectivity index (χ3n) is 3.70. The van der Waals surface area contributed by atoms with E-state index < -0.39 is 5.41 Å². The van der Waals surface area contributed by atoms with Gasteiger partial charge in [-0.3, -0.25) is 4.79 Å². The van der Waals surface area contributed by atoms with E-state index in [1.807, 2.05) is 24.3 Å².